The van der Waals surface area contributed by atoms with Gasteiger partial charge in [0.2, 0.25) is 11.8 Å². The zero-order chi connectivity index (χ0) is 37.1. The third-order valence-corrected chi connectivity index (χ3v) is 9.36. The fourth-order valence-corrected chi connectivity index (χ4v) is 5.50. The summed E-state index contributed by atoms with van der Waals surface area (Å²) in [7, 11) is 0. The number of nitrogens with zero attached hydrogens (tertiary/aromatic N) is 1. The number of piperidine rings is 1. The second-order valence-electron chi connectivity index (χ2n) is 16.3. The van der Waals surface area contributed by atoms with Gasteiger partial charge >= 0.3 is 0 Å². The van der Waals surface area contributed by atoms with Crippen LogP contribution in [0.2, 0.25) is 0 Å². The van der Waals surface area contributed by atoms with Gasteiger partial charge in [0.1, 0.15) is 6.04 Å². The molecule has 1 saturated heterocycles. The molecule has 0 bridgehead atoms. The van der Waals surface area contributed by atoms with Crippen molar-refractivity contribution >= 4 is 11.8 Å². The Labute approximate surface area is 287 Å². The standard InChI is InChI=1S/C20H39N3O2.C9H18O.C6H14O.2C2H6/c1-14(2)9-8-12-22-17(24)16-11-10-15(3)13-23(16)18(25)19(4,5)20(6,7)21;1-7-5-9(7,4)6-8(2,3)10;1-6(2)4-3-5-7;2*1-2/h14-16H,8-13,21H2,1-7H3,(H,22,24);7,10H,5-6H2,1-4H3;6-7H,3-5H2,1-2H3;2*1-2H3. The van der Waals surface area contributed by atoms with E-state index in [-0.39, 0.29) is 17.9 Å². The second kappa shape index (κ2) is 23.2. The maximum Gasteiger partial charge on any atom is 0.242 e. The lowest BCUT2D eigenvalue weighted by Gasteiger charge is -2.45. The van der Waals surface area contributed by atoms with Crippen LogP contribution in [0, 0.1) is 34.5 Å². The van der Waals surface area contributed by atoms with Crippen LogP contribution in [-0.2, 0) is 9.59 Å². The molecule has 278 valence electrons. The highest BCUT2D eigenvalue weighted by molar-refractivity contribution is 5.90. The van der Waals surface area contributed by atoms with Crippen molar-refractivity contribution in [2.75, 3.05) is 19.7 Å². The Morgan fingerprint density at radius 1 is 0.913 bits per heavy atom. The van der Waals surface area contributed by atoms with Crippen molar-refractivity contribution in [2.45, 2.75) is 186 Å². The molecule has 1 aliphatic heterocycles. The van der Waals surface area contributed by atoms with Crippen LogP contribution in [0.5, 0.6) is 0 Å². The summed E-state index contributed by atoms with van der Waals surface area (Å²) in [6.45, 7) is 36.3. The van der Waals surface area contributed by atoms with E-state index in [4.69, 9.17) is 10.8 Å². The molecule has 5 N–H and O–H groups in total. The van der Waals surface area contributed by atoms with Crippen molar-refractivity contribution in [1.82, 2.24) is 10.2 Å². The summed E-state index contributed by atoms with van der Waals surface area (Å²) in [4.78, 5) is 27.7. The van der Waals surface area contributed by atoms with Crippen molar-refractivity contribution in [3.8, 4) is 0 Å². The van der Waals surface area contributed by atoms with Gasteiger partial charge in [0, 0.05) is 25.2 Å². The maximum atomic E-state index is 13.2. The predicted molar refractivity (Wildman–Crippen MR) is 200 cm³/mol. The normalized spacial score (nSPS) is 22.6. The highest BCUT2D eigenvalue weighted by Gasteiger charge is 2.49. The molecule has 46 heavy (non-hydrogen) atoms. The van der Waals surface area contributed by atoms with Gasteiger partial charge in [-0.25, -0.2) is 0 Å². The molecule has 4 unspecified atom stereocenters. The van der Waals surface area contributed by atoms with Crippen LogP contribution in [0.3, 0.4) is 0 Å². The Morgan fingerprint density at radius 3 is 1.70 bits per heavy atom. The number of rotatable bonds is 12. The predicted octanol–water partition coefficient (Wildman–Crippen LogP) is 8.59. The molecule has 2 aliphatic rings. The summed E-state index contributed by atoms with van der Waals surface area (Å²) in [5.74, 6) is 2.57. The van der Waals surface area contributed by atoms with Crippen LogP contribution < -0.4 is 11.1 Å². The molecule has 2 rings (SSSR count). The molecule has 0 aromatic rings. The van der Waals surface area contributed by atoms with Gasteiger partial charge in [-0.2, -0.15) is 0 Å². The molecule has 7 heteroatoms. The van der Waals surface area contributed by atoms with Crippen molar-refractivity contribution < 1.29 is 19.8 Å². The van der Waals surface area contributed by atoms with E-state index < -0.39 is 16.6 Å². The molecule has 0 aromatic heterocycles. The molecular formula is C39H83N3O4. The Hall–Kier alpha value is -1.18. The van der Waals surface area contributed by atoms with Gasteiger partial charge < -0.3 is 26.2 Å². The molecule has 0 radical (unpaired) electrons. The number of carbonyl (C=O) groups is 2. The smallest absolute Gasteiger partial charge is 0.242 e. The number of nitrogens with two attached hydrogens (primary N) is 1. The number of aliphatic hydroxyl groups is 2. The van der Waals surface area contributed by atoms with E-state index in [0.717, 1.165) is 56.8 Å². The molecule has 1 aliphatic carbocycles. The zero-order valence-corrected chi connectivity index (χ0v) is 33.9. The molecule has 1 heterocycles. The first-order valence-corrected chi connectivity index (χ1v) is 18.7. The van der Waals surface area contributed by atoms with Gasteiger partial charge in [0.05, 0.1) is 11.0 Å². The van der Waals surface area contributed by atoms with Gasteiger partial charge in [-0.3, -0.25) is 9.59 Å². The fourth-order valence-electron chi connectivity index (χ4n) is 5.50. The lowest BCUT2D eigenvalue weighted by molar-refractivity contribution is -0.153. The topological polar surface area (TPSA) is 116 Å². The van der Waals surface area contributed by atoms with Gasteiger partial charge in [-0.05, 0) is 122 Å². The van der Waals surface area contributed by atoms with E-state index in [9.17, 15) is 14.7 Å². The highest BCUT2D eigenvalue weighted by atomic mass is 16.3. The monoisotopic (exact) mass is 658 g/mol. The minimum absolute atomic E-state index is 0.0189. The largest absolute Gasteiger partial charge is 0.396 e. The number of carbonyl (C=O) groups excluding carboxylic acids is 2. The molecular weight excluding hydrogens is 574 g/mol. The number of hydrogen-bond donors (Lipinski definition) is 4. The van der Waals surface area contributed by atoms with E-state index in [1.54, 1.807) is 4.90 Å². The highest BCUT2D eigenvalue weighted by Crippen LogP contribution is 2.56. The summed E-state index contributed by atoms with van der Waals surface area (Å²) in [6.07, 6.45) is 8.11. The van der Waals surface area contributed by atoms with E-state index >= 15 is 0 Å². The average Bonchev–Trinajstić information content (AvgIpc) is 3.53. The first kappa shape index (κ1) is 49.2. The second-order valence-corrected chi connectivity index (χ2v) is 16.3. The van der Waals surface area contributed by atoms with Crippen molar-refractivity contribution in [1.29, 1.82) is 0 Å². The summed E-state index contributed by atoms with van der Waals surface area (Å²) >= 11 is 0. The lowest BCUT2D eigenvalue weighted by atomic mass is 9.73. The third kappa shape index (κ3) is 20.2. The molecule has 7 nitrogen and oxygen atoms in total. The van der Waals surface area contributed by atoms with E-state index in [2.05, 4.69) is 53.8 Å². The third-order valence-electron chi connectivity index (χ3n) is 9.36. The van der Waals surface area contributed by atoms with Gasteiger partial charge in [0.25, 0.3) is 0 Å². The first-order valence-electron chi connectivity index (χ1n) is 18.7. The molecule has 1 saturated carbocycles. The van der Waals surface area contributed by atoms with Gasteiger partial charge in [-0.15, -0.1) is 0 Å². The Balaban J connectivity index is -0.000000717. The van der Waals surface area contributed by atoms with Crippen molar-refractivity contribution in [3.05, 3.63) is 0 Å². The molecule has 2 amide bonds. The number of aliphatic hydroxyl groups excluding tert-OH is 1. The average molecular weight is 658 g/mol. The Morgan fingerprint density at radius 2 is 1.37 bits per heavy atom. The Bertz CT molecular complexity index is 798. The summed E-state index contributed by atoms with van der Waals surface area (Å²) in [5.41, 5.74) is 4.85. The SMILES string of the molecule is CC.CC.CC(C)CCCNC(=O)C1CCC(C)CN1C(=O)C(C)(C)C(C)(C)N.CC(C)CCCO.CC1CC1(C)CC(C)(C)O. The summed E-state index contributed by atoms with van der Waals surface area (Å²) < 4.78 is 0. The van der Waals surface area contributed by atoms with Crippen LogP contribution in [0.25, 0.3) is 0 Å². The quantitative estimate of drug-likeness (QED) is 0.157. The maximum absolute atomic E-state index is 13.2. The summed E-state index contributed by atoms with van der Waals surface area (Å²) in [5, 5.41) is 20.9. The lowest BCUT2D eigenvalue weighted by Crippen LogP contribution is -2.62. The van der Waals surface area contributed by atoms with Crippen LogP contribution in [0.1, 0.15) is 169 Å². The van der Waals surface area contributed by atoms with E-state index in [0.29, 0.717) is 36.9 Å². The molecule has 0 aromatic carbocycles. The number of amides is 2. The van der Waals surface area contributed by atoms with Crippen molar-refractivity contribution in [3.63, 3.8) is 0 Å². The fraction of sp³-hybridized carbons (Fsp3) is 0.949. The van der Waals surface area contributed by atoms with Crippen LogP contribution >= 0.6 is 0 Å². The first-order chi connectivity index (χ1) is 21.0. The molecule has 4 atom stereocenters. The van der Waals surface area contributed by atoms with Crippen LogP contribution in [-0.4, -0.2) is 63.8 Å². The Kier molecular flexibility index (Phi) is 24.8. The van der Waals surface area contributed by atoms with Crippen molar-refractivity contribution in [2.24, 2.45) is 40.2 Å². The number of likely N-dealkylation sites (tertiary alicyclic amines) is 1. The molecule has 2 fully saturated rings. The molecule has 0 spiro atoms. The van der Waals surface area contributed by atoms with Crippen LogP contribution in [0.4, 0.5) is 0 Å². The van der Waals surface area contributed by atoms with Crippen LogP contribution in [0.15, 0.2) is 0 Å². The van der Waals surface area contributed by atoms with E-state index in [1.165, 1.54) is 6.42 Å². The minimum Gasteiger partial charge on any atom is -0.396 e. The number of hydrogen-bond acceptors (Lipinski definition) is 5. The summed E-state index contributed by atoms with van der Waals surface area (Å²) in [6, 6.07) is -0.371. The van der Waals surface area contributed by atoms with E-state index in [1.807, 2.05) is 69.2 Å². The number of nitrogens with one attached hydrogen (secondary N) is 1. The van der Waals surface area contributed by atoms with Gasteiger partial charge in [0.15, 0.2) is 0 Å². The zero-order valence-electron chi connectivity index (χ0n) is 33.9. The van der Waals surface area contributed by atoms with Gasteiger partial charge in [-0.1, -0.05) is 76.2 Å². The minimum atomic E-state index is -0.722.